The number of nitrogens with one attached hydrogen (secondary N) is 1. The van der Waals surface area contributed by atoms with E-state index in [1.807, 2.05) is 13.0 Å². The van der Waals surface area contributed by atoms with E-state index in [-0.39, 0.29) is 18.3 Å². The van der Waals surface area contributed by atoms with Crippen LogP contribution in [0, 0.1) is 11.3 Å². The quantitative estimate of drug-likeness (QED) is 0.559. The van der Waals surface area contributed by atoms with Crippen LogP contribution in [0.2, 0.25) is 0 Å². The van der Waals surface area contributed by atoms with Crippen molar-refractivity contribution in [3.63, 3.8) is 0 Å². The van der Waals surface area contributed by atoms with Crippen LogP contribution in [-0.4, -0.2) is 68.1 Å². The molecule has 28 heavy (non-hydrogen) atoms. The largest absolute Gasteiger partial charge is 0.393 e. The first-order valence-electron chi connectivity index (χ1n) is 9.92. The molecular weight excluding hydrogens is 372 g/mol. The van der Waals surface area contributed by atoms with Gasteiger partial charge in [0.1, 0.15) is 11.0 Å². The van der Waals surface area contributed by atoms with E-state index in [9.17, 15) is 10.4 Å². The van der Waals surface area contributed by atoms with Crippen molar-refractivity contribution in [2.45, 2.75) is 38.1 Å². The van der Waals surface area contributed by atoms with Gasteiger partial charge in [-0.25, -0.2) is 0 Å². The van der Waals surface area contributed by atoms with Crippen LogP contribution in [0.3, 0.4) is 0 Å². The van der Waals surface area contributed by atoms with Gasteiger partial charge >= 0.3 is 0 Å². The third-order valence-corrected chi connectivity index (χ3v) is 5.97. The summed E-state index contributed by atoms with van der Waals surface area (Å²) in [6, 6.07) is 10.6. The lowest BCUT2D eigenvalue weighted by atomic mass is 10.0. The second-order valence-corrected chi connectivity index (χ2v) is 8.58. The van der Waals surface area contributed by atoms with Crippen molar-refractivity contribution in [3.05, 3.63) is 34.7 Å². The second-order valence-electron chi connectivity index (χ2n) is 7.65. The third-order valence-electron chi connectivity index (χ3n) is 5.23. The van der Waals surface area contributed by atoms with E-state index in [0.717, 1.165) is 31.7 Å². The summed E-state index contributed by atoms with van der Waals surface area (Å²) in [5.74, 6) is 0. The molecule has 2 heterocycles. The lowest BCUT2D eigenvalue weighted by Crippen LogP contribution is -2.44. The van der Waals surface area contributed by atoms with E-state index in [4.69, 9.17) is 4.74 Å². The smallest absolute Gasteiger partial charge is 0.107 e. The molecule has 0 radical (unpaired) electrons. The minimum absolute atomic E-state index is 0.0194. The molecule has 2 N–H and O–H groups in total. The number of nitrogens with zero attached hydrogens (tertiary/aromatic N) is 3. The highest BCUT2D eigenvalue weighted by atomic mass is 32.2. The van der Waals surface area contributed by atoms with Gasteiger partial charge in [-0.2, -0.15) is 5.26 Å². The number of piperazine rings is 1. The summed E-state index contributed by atoms with van der Waals surface area (Å²) >= 11 is 1.32. The molecule has 7 heteroatoms. The van der Waals surface area contributed by atoms with E-state index in [0.29, 0.717) is 24.3 Å². The minimum atomic E-state index is -0.301. The van der Waals surface area contributed by atoms with Crippen molar-refractivity contribution in [2.24, 2.45) is 0 Å². The summed E-state index contributed by atoms with van der Waals surface area (Å²) in [7, 11) is 2.16. The highest BCUT2D eigenvalue weighted by molar-refractivity contribution is 8.01. The summed E-state index contributed by atoms with van der Waals surface area (Å²) in [5.41, 5.74) is 2.25. The summed E-state index contributed by atoms with van der Waals surface area (Å²) in [5, 5.41) is 19.3. The molecule has 1 aromatic carbocycles. The third kappa shape index (κ3) is 6.23. The van der Waals surface area contributed by atoms with Crippen molar-refractivity contribution in [1.29, 1.82) is 5.26 Å². The van der Waals surface area contributed by atoms with E-state index in [1.54, 1.807) is 0 Å². The van der Waals surface area contributed by atoms with E-state index < -0.39 is 0 Å². The fourth-order valence-corrected chi connectivity index (χ4v) is 4.31. The van der Waals surface area contributed by atoms with E-state index in [1.165, 1.54) is 17.6 Å². The van der Waals surface area contributed by atoms with E-state index >= 15 is 0 Å². The van der Waals surface area contributed by atoms with Gasteiger partial charge in [0.2, 0.25) is 0 Å². The average Bonchev–Trinajstić information content (AvgIpc) is 2.68. The van der Waals surface area contributed by atoms with Crippen LogP contribution in [0.4, 0.5) is 5.69 Å². The summed E-state index contributed by atoms with van der Waals surface area (Å²) in [6.45, 7) is 6.85. The van der Waals surface area contributed by atoms with Crippen LogP contribution in [-0.2, 0) is 4.74 Å². The zero-order valence-corrected chi connectivity index (χ0v) is 17.5. The van der Waals surface area contributed by atoms with Gasteiger partial charge in [-0.3, -0.25) is 4.72 Å². The van der Waals surface area contributed by atoms with Gasteiger partial charge in [-0.15, -0.1) is 0 Å². The number of anilines is 1. The zero-order valence-electron chi connectivity index (χ0n) is 16.7. The van der Waals surface area contributed by atoms with Gasteiger partial charge in [-0.05, 0) is 56.1 Å². The first-order chi connectivity index (χ1) is 13.5. The molecule has 2 fully saturated rings. The molecule has 0 aliphatic carbocycles. The Labute approximate surface area is 172 Å². The Morgan fingerprint density at radius 2 is 2.00 bits per heavy atom. The number of nitriles is 1. The topological polar surface area (TPSA) is 71.8 Å². The average molecular weight is 403 g/mol. The fraction of sp³-hybridized carbons (Fsp3) is 0.571. The van der Waals surface area contributed by atoms with E-state index in [2.05, 4.69) is 51.9 Å². The molecule has 0 amide bonds. The number of ether oxygens (including phenoxy) is 1. The molecule has 6 nitrogen and oxygen atoms in total. The molecule has 2 aliphatic rings. The van der Waals surface area contributed by atoms with Gasteiger partial charge in [0.25, 0.3) is 0 Å². The Bertz CT molecular complexity index is 685. The maximum Gasteiger partial charge on any atom is 0.107 e. The molecular formula is C21H30N4O2S. The number of aliphatic hydroxyl groups is 1. The van der Waals surface area contributed by atoms with Gasteiger partial charge in [0.15, 0.2) is 0 Å². The van der Waals surface area contributed by atoms with Gasteiger partial charge < -0.3 is 19.6 Å². The van der Waals surface area contributed by atoms with Crippen molar-refractivity contribution in [1.82, 2.24) is 9.62 Å². The van der Waals surface area contributed by atoms with Crippen molar-refractivity contribution in [3.8, 4) is 6.07 Å². The van der Waals surface area contributed by atoms with Crippen LogP contribution in [0.1, 0.15) is 25.3 Å². The molecule has 3 unspecified atom stereocenters. The van der Waals surface area contributed by atoms with Crippen molar-refractivity contribution < 1.29 is 9.84 Å². The SMILES string of the molecule is CC1CC(O)CC(CNS/C(C#N)=C/c2ccc(N3CCN(C)CC3)cc2)O1. The molecule has 3 atom stereocenters. The van der Waals surface area contributed by atoms with Gasteiger partial charge in [0, 0.05) is 44.8 Å². The van der Waals surface area contributed by atoms with Crippen LogP contribution >= 0.6 is 11.9 Å². The number of hydrogen-bond acceptors (Lipinski definition) is 7. The number of aliphatic hydroxyl groups excluding tert-OH is 1. The number of likely N-dealkylation sites (N-methyl/N-ethyl adjacent to an activating group) is 1. The minimum Gasteiger partial charge on any atom is -0.393 e. The standard InChI is InChI=1S/C21H30N4O2S/c1-16-11-19(26)13-20(27-16)15-23-28-21(14-22)12-17-3-5-18(6-4-17)25-9-7-24(2)8-10-25/h3-6,12,16,19-20,23,26H,7-11,13,15H2,1-2H3/b21-12+. The maximum atomic E-state index is 9.84. The van der Waals surface area contributed by atoms with Gasteiger partial charge in [0.05, 0.1) is 18.3 Å². The summed E-state index contributed by atoms with van der Waals surface area (Å²) < 4.78 is 9.03. The maximum absolute atomic E-state index is 9.84. The first-order valence-corrected chi connectivity index (χ1v) is 10.7. The summed E-state index contributed by atoms with van der Waals surface area (Å²) in [6.07, 6.45) is 2.98. The molecule has 0 aromatic heterocycles. The second kappa shape index (κ2) is 10.3. The highest BCUT2D eigenvalue weighted by Crippen LogP contribution is 2.22. The first kappa shape index (κ1) is 21.2. The Morgan fingerprint density at radius 1 is 1.29 bits per heavy atom. The Kier molecular flexibility index (Phi) is 7.77. The van der Waals surface area contributed by atoms with Gasteiger partial charge in [-0.1, -0.05) is 12.1 Å². The predicted octanol–water partition coefficient (Wildman–Crippen LogP) is 2.47. The molecule has 2 aliphatic heterocycles. The monoisotopic (exact) mass is 402 g/mol. The number of allylic oxidation sites excluding steroid dienone is 1. The van der Waals surface area contributed by atoms with Crippen molar-refractivity contribution in [2.75, 3.05) is 44.7 Å². The number of rotatable bonds is 6. The molecule has 2 saturated heterocycles. The lowest BCUT2D eigenvalue weighted by Gasteiger charge is -2.34. The predicted molar refractivity (Wildman–Crippen MR) is 115 cm³/mol. The number of benzene rings is 1. The van der Waals surface area contributed by atoms with Crippen LogP contribution in [0.15, 0.2) is 29.2 Å². The molecule has 0 bridgehead atoms. The normalized spacial score (nSPS) is 26.9. The van der Waals surface area contributed by atoms with Crippen LogP contribution in [0.25, 0.3) is 6.08 Å². The number of hydrogen-bond donors (Lipinski definition) is 2. The Balaban J connectivity index is 1.50. The molecule has 1 aromatic rings. The highest BCUT2D eigenvalue weighted by Gasteiger charge is 2.25. The molecule has 0 saturated carbocycles. The van der Waals surface area contributed by atoms with Crippen LogP contribution < -0.4 is 9.62 Å². The fourth-order valence-electron chi connectivity index (χ4n) is 3.65. The van der Waals surface area contributed by atoms with Crippen molar-refractivity contribution >= 4 is 23.7 Å². The Morgan fingerprint density at radius 3 is 2.64 bits per heavy atom. The zero-order chi connectivity index (χ0) is 19.9. The Hall–Kier alpha value is -1.56. The van der Waals surface area contributed by atoms with Crippen LogP contribution in [0.5, 0.6) is 0 Å². The lowest BCUT2D eigenvalue weighted by molar-refractivity contribution is -0.0839. The molecule has 152 valence electrons. The molecule has 3 rings (SSSR count). The molecule has 0 spiro atoms. The summed E-state index contributed by atoms with van der Waals surface area (Å²) in [4.78, 5) is 5.35.